The van der Waals surface area contributed by atoms with Crippen molar-refractivity contribution in [2.45, 2.75) is 25.8 Å². The van der Waals surface area contributed by atoms with Crippen LogP contribution < -0.4 is 0 Å². The molecular weight excluding hydrogens is 352 g/mol. The molecule has 6 heteroatoms. The van der Waals surface area contributed by atoms with Crippen LogP contribution in [0.25, 0.3) is 0 Å². The van der Waals surface area contributed by atoms with Gasteiger partial charge in [-0.2, -0.15) is 0 Å². The lowest BCUT2D eigenvalue weighted by atomic mass is 9.64. The number of aromatic nitrogens is 2. The van der Waals surface area contributed by atoms with Crippen LogP contribution in [0.4, 0.5) is 0 Å². The summed E-state index contributed by atoms with van der Waals surface area (Å²) in [5.74, 6) is 0.192. The van der Waals surface area contributed by atoms with Gasteiger partial charge >= 0.3 is 0 Å². The quantitative estimate of drug-likeness (QED) is 0.881. The zero-order valence-corrected chi connectivity index (χ0v) is 16.2. The number of aliphatic hydroxyl groups excluding tert-OH is 1. The molecule has 0 unspecified atom stereocenters. The van der Waals surface area contributed by atoms with Crippen LogP contribution in [0.15, 0.2) is 49.1 Å². The summed E-state index contributed by atoms with van der Waals surface area (Å²) in [6.07, 6.45) is 10.2. The molecular formula is C22H28N4O2. The molecule has 2 aliphatic heterocycles. The summed E-state index contributed by atoms with van der Waals surface area (Å²) in [5, 5.41) is 10.1. The van der Waals surface area contributed by atoms with Gasteiger partial charge in [-0.1, -0.05) is 6.07 Å². The predicted octanol–water partition coefficient (Wildman–Crippen LogP) is 2.21. The smallest absolute Gasteiger partial charge is 0.253 e. The average molecular weight is 380 g/mol. The number of aliphatic hydroxyl groups is 1. The zero-order chi connectivity index (χ0) is 19.4. The van der Waals surface area contributed by atoms with E-state index in [-0.39, 0.29) is 23.8 Å². The van der Waals surface area contributed by atoms with Gasteiger partial charge in [0.15, 0.2) is 0 Å². The lowest BCUT2D eigenvalue weighted by molar-refractivity contribution is -0.0365. The molecule has 2 aromatic rings. The van der Waals surface area contributed by atoms with E-state index in [1.807, 2.05) is 23.4 Å². The van der Waals surface area contributed by atoms with Gasteiger partial charge in [-0.25, -0.2) is 0 Å². The van der Waals surface area contributed by atoms with E-state index in [0.717, 1.165) is 45.4 Å². The number of likely N-dealkylation sites (tertiary alicyclic amines) is 2. The maximum atomic E-state index is 12.8. The van der Waals surface area contributed by atoms with Crippen LogP contribution >= 0.6 is 0 Å². The maximum absolute atomic E-state index is 12.8. The Labute approximate surface area is 166 Å². The third kappa shape index (κ3) is 3.93. The molecule has 0 saturated carbocycles. The second-order valence-electron chi connectivity index (χ2n) is 8.12. The molecule has 0 bridgehead atoms. The van der Waals surface area contributed by atoms with E-state index < -0.39 is 0 Å². The van der Waals surface area contributed by atoms with Gasteiger partial charge in [0.1, 0.15) is 0 Å². The number of pyridine rings is 2. The van der Waals surface area contributed by atoms with Gasteiger partial charge in [0.25, 0.3) is 5.91 Å². The minimum Gasteiger partial charge on any atom is -0.396 e. The van der Waals surface area contributed by atoms with Crippen LogP contribution in [-0.4, -0.2) is 63.6 Å². The normalized spacial score (nSPS) is 22.3. The van der Waals surface area contributed by atoms with Crippen molar-refractivity contribution in [3.8, 4) is 0 Å². The summed E-state index contributed by atoms with van der Waals surface area (Å²) in [6.45, 7) is 4.54. The highest BCUT2D eigenvalue weighted by molar-refractivity contribution is 5.94. The Bertz CT molecular complexity index is 776. The second kappa shape index (κ2) is 8.37. The van der Waals surface area contributed by atoms with Gasteiger partial charge in [0, 0.05) is 62.5 Å². The van der Waals surface area contributed by atoms with Crippen LogP contribution in [0.5, 0.6) is 0 Å². The summed E-state index contributed by atoms with van der Waals surface area (Å²) < 4.78 is 0. The summed E-state index contributed by atoms with van der Waals surface area (Å²) in [6, 6.07) is 7.63. The van der Waals surface area contributed by atoms with Crippen molar-refractivity contribution >= 4 is 5.91 Å². The van der Waals surface area contributed by atoms with Gasteiger partial charge in [-0.15, -0.1) is 0 Å². The van der Waals surface area contributed by atoms with E-state index in [4.69, 9.17) is 0 Å². The molecule has 4 rings (SSSR count). The number of hydrogen-bond acceptors (Lipinski definition) is 5. The number of piperidine rings is 2. The fourth-order valence-electron chi connectivity index (χ4n) is 4.79. The predicted molar refractivity (Wildman–Crippen MR) is 107 cm³/mol. The standard InChI is InChI=1S/C22H28N4O2/c27-17-20-16-26(21(28)19-3-9-23-10-4-19)13-7-22(20)5-11-25(12-6-22)15-18-2-1-8-24-14-18/h1-4,8-10,14,20,27H,5-7,11-13,15-17H2/t20-/m1/s1. The van der Waals surface area contributed by atoms with Crippen molar-refractivity contribution in [1.82, 2.24) is 19.8 Å². The van der Waals surface area contributed by atoms with E-state index in [2.05, 4.69) is 20.9 Å². The molecule has 28 heavy (non-hydrogen) atoms. The average Bonchev–Trinajstić information content (AvgIpc) is 2.76. The van der Waals surface area contributed by atoms with Crippen LogP contribution in [-0.2, 0) is 6.54 Å². The van der Waals surface area contributed by atoms with Gasteiger partial charge in [0.2, 0.25) is 0 Å². The number of rotatable bonds is 4. The Morgan fingerprint density at radius 3 is 2.50 bits per heavy atom. The van der Waals surface area contributed by atoms with E-state index >= 15 is 0 Å². The molecule has 0 aliphatic carbocycles. The maximum Gasteiger partial charge on any atom is 0.253 e. The monoisotopic (exact) mass is 380 g/mol. The minimum absolute atomic E-state index is 0.0460. The second-order valence-corrected chi connectivity index (χ2v) is 8.12. The molecule has 2 aromatic heterocycles. The van der Waals surface area contributed by atoms with Crippen LogP contribution in [0.2, 0.25) is 0 Å². The Morgan fingerprint density at radius 2 is 1.82 bits per heavy atom. The topological polar surface area (TPSA) is 69.6 Å². The van der Waals surface area contributed by atoms with E-state index in [1.165, 1.54) is 5.56 Å². The lowest BCUT2D eigenvalue weighted by Crippen LogP contribution is -2.54. The Hall–Kier alpha value is -2.31. The molecule has 0 radical (unpaired) electrons. The molecule has 2 fully saturated rings. The van der Waals surface area contributed by atoms with Gasteiger partial charge in [-0.3, -0.25) is 19.7 Å². The first-order valence-corrected chi connectivity index (χ1v) is 10.1. The molecule has 148 valence electrons. The Kier molecular flexibility index (Phi) is 5.69. The number of amides is 1. The highest BCUT2D eigenvalue weighted by Gasteiger charge is 2.45. The van der Waals surface area contributed by atoms with E-state index in [0.29, 0.717) is 12.1 Å². The Balaban J connectivity index is 1.38. The van der Waals surface area contributed by atoms with Crippen molar-refractivity contribution in [1.29, 1.82) is 0 Å². The lowest BCUT2D eigenvalue weighted by Gasteiger charge is -2.51. The third-order valence-electron chi connectivity index (χ3n) is 6.60. The highest BCUT2D eigenvalue weighted by atomic mass is 16.3. The summed E-state index contributed by atoms with van der Waals surface area (Å²) in [5.41, 5.74) is 2.07. The van der Waals surface area contributed by atoms with Gasteiger partial charge < -0.3 is 10.0 Å². The summed E-state index contributed by atoms with van der Waals surface area (Å²) in [7, 11) is 0. The number of carbonyl (C=O) groups excluding carboxylic acids is 1. The molecule has 1 amide bonds. The van der Waals surface area contributed by atoms with Crippen molar-refractivity contribution in [2.75, 3.05) is 32.8 Å². The van der Waals surface area contributed by atoms with Crippen LogP contribution in [0.3, 0.4) is 0 Å². The summed E-state index contributed by atoms with van der Waals surface area (Å²) >= 11 is 0. The molecule has 4 heterocycles. The SMILES string of the molecule is O=C(c1ccncc1)N1CCC2(CCN(Cc3cccnc3)CC2)[C@@H](CO)C1. The number of carbonyl (C=O) groups is 1. The fourth-order valence-corrected chi connectivity index (χ4v) is 4.79. The van der Waals surface area contributed by atoms with Gasteiger partial charge in [-0.05, 0) is 61.5 Å². The molecule has 0 aromatic carbocycles. The molecule has 2 saturated heterocycles. The molecule has 6 nitrogen and oxygen atoms in total. The minimum atomic E-state index is 0.0460. The van der Waals surface area contributed by atoms with Crippen molar-refractivity contribution in [3.05, 3.63) is 60.2 Å². The van der Waals surface area contributed by atoms with E-state index in [9.17, 15) is 9.90 Å². The van der Waals surface area contributed by atoms with Crippen molar-refractivity contribution in [3.63, 3.8) is 0 Å². The number of nitrogens with zero attached hydrogens (tertiary/aromatic N) is 4. The van der Waals surface area contributed by atoms with Crippen LogP contribution in [0.1, 0.15) is 35.2 Å². The molecule has 1 N–H and O–H groups in total. The molecule has 1 atom stereocenters. The first-order chi connectivity index (χ1) is 13.7. The first kappa shape index (κ1) is 19.0. The van der Waals surface area contributed by atoms with Gasteiger partial charge in [0.05, 0.1) is 0 Å². The molecule has 1 spiro atoms. The van der Waals surface area contributed by atoms with E-state index in [1.54, 1.807) is 24.5 Å². The number of hydrogen-bond donors (Lipinski definition) is 1. The van der Waals surface area contributed by atoms with Crippen molar-refractivity contribution in [2.24, 2.45) is 11.3 Å². The highest BCUT2D eigenvalue weighted by Crippen LogP contribution is 2.45. The Morgan fingerprint density at radius 1 is 1.07 bits per heavy atom. The first-order valence-electron chi connectivity index (χ1n) is 10.1. The zero-order valence-electron chi connectivity index (χ0n) is 16.2. The third-order valence-corrected chi connectivity index (χ3v) is 6.60. The van der Waals surface area contributed by atoms with Crippen LogP contribution in [0, 0.1) is 11.3 Å². The fraction of sp³-hybridized carbons (Fsp3) is 0.500. The largest absolute Gasteiger partial charge is 0.396 e. The van der Waals surface area contributed by atoms with Crippen molar-refractivity contribution < 1.29 is 9.90 Å². The summed E-state index contributed by atoms with van der Waals surface area (Å²) in [4.78, 5) is 25.4. The molecule has 2 aliphatic rings.